The molecule has 0 spiro atoms. The van der Waals surface area contributed by atoms with E-state index in [2.05, 4.69) is 13.2 Å². The van der Waals surface area contributed by atoms with Gasteiger partial charge in [-0.05, 0) is 37.1 Å². The minimum Gasteiger partial charge on any atom is -0.478 e. The van der Waals surface area contributed by atoms with E-state index in [4.69, 9.17) is 20.4 Å². The maximum atomic E-state index is 10.5. The minimum absolute atomic E-state index is 0.190. The van der Waals surface area contributed by atoms with Crippen LogP contribution in [0.3, 0.4) is 0 Å². The van der Waals surface area contributed by atoms with Gasteiger partial charge >= 0.3 is 23.9 Å². The van der Waals surface area contributed by atoms with Gasteiger partial charge in [0.05, 0.1) is 22.3 Å². The molecule has 0 unspecified atom stereocenters. The highest BCUT2D eigenvalue weighted by Gasteiger charge is 2.14. The fraction of sp³-hybridized carbons (Fsp3) is 0.0909. The molecule has 30 heavy (non-hydrogen) atoms. The molecule has 8 heteroatoms. The summed E-state index contributed by atoms with van der Waals surface area (Å²) < 4.78 is 0. The Bertz CT molecular complexity index is 773. The molecule has 0 atom stereocenters. The Morgan fingerprint density at radius 1 is 0.567 bits per heavy atom. The van der Waals surface area contributed by atoms with E-state index in [1.165, 1.54) is 48.5 Å². The van der Waals surface area contributed by atoms with Gasteiger partial charge in [0.25, 0.3) is 0 Å². The van der Waals surface area contributed by atoms with Gasteiger partial charge in [-0.25, -0.2) is 19.2 Å². The summed E-state index contributed by atoms with van der Waals surface area (Å²) >= 11 is 0. The highest BCUT2D eigenvalue weighted by atomic mass is 16.4. The molecule has 0 aliphatic rings. The van der Waals surface area contributed by atoms with E-state index >= 15 is 0 Å². The van der Waals surface area contributed by atoms with Crippen molar-refractivity contribution in [3.05, 3.63) is 96.1 Å². The van der Waals surface area contributed by atoms with Gasteiger partial charge in [0, 0.05) is 0 Å². The van der Waals surface area contributed by atoms with E-state index in [1.807, 2.05) is 12.2 Å². The molecule has 2 rings (SSSR count). The van der Waals surface area contributed by atoms with Crippen LogP contribution in [0.2, 0.25) is 0 Å². The first kappa shape index (κ1) is 25.8. The van der Waals surface area contributed by atoms with Crippen LogP contribution in [0.1, 0.15) is 54.3 Å². The van der Waals surface area contributed by atoms with Crippen LogP contribution >= 0.6 is 0 Å². The molecule has 2 aromatic carbocycles. The van der Waals surface area contributed by atoms with Gasteiger partial charge < -0.3 is 20.4 Å². The molecule has 0 fully saturated rings. The molecule has 158 valence electrons. The first-order valence-corrected chi connectivity index (χ1v) is 8.50. The molecule has 4 N–H and O–H groups in total. The molecule has 0 saturated heterocycles. The molecule has 0 heterocycles. The molecule has 0 amide bonds. The molecule has 0 radical (unpaired) electrons. The fourth-order valence-corrected chi connectivity index (χ4v) is 1.95. The van der Waals surface area contributed by atoms with E-state index in [0.717, 1.165) is 12.8 Å². The van der Waals surface area contributed by atoms with Crippen molar-refractivity contribution in [3.63, 3.8) is 0 Å². The third-order valence-electron chi connectivity index (χ3n) is 3.35. The van der Waals surface area contributed by atoms with Crippen LogP contribution in [-0.2, 0) is 0 Å². The Morgan fingerprint density at radius 3 is 0.900 bits per heavy atom. The standard InChI is InChI=1S/2C8H6O4.C6H10/c2*9-7(10)5-3-1-2-4-6(5)8(11)12;1-3-5-6-4-2/h2*1-4H,(H,9,10)(H,11,12);3-4H,1-2,5-6H2. The Morgan fingerprint density at radius 2 is 0.767 bits per heavy atom. The largest absolute Gasteiger partial charge is 0.478 e. The van der Waals surface area contributed by atoms with Crippen molar-refractivity contribution in [2.45, 2.75) is 12.8 Å². The second-order valence-electron chi connectivity index (χ2n) is 5.47. The summed E-state index contributed by atoms with van der Waals surface area (Å²) in [4.78, 5) is 41.9. The van der Waals surface area contributed by atoms with Gasteiger partial charge in [0.15, 0.2) is 0 Å². The van der Waals surface area contributed by atoms with Crippen LogP contribution in [-0.4, -0.2) is 44.3 Å². The van der Waals surface area contributed by atoms with Crippen LogP contribution in [0.15, 0.2) is 73.8 Å². The zero-order valence-electron chi connectivity index (χ0n) is 16.0. The lowest BCUT2D eigenvalue weighted by Gasteiger charge is -1.98. The zero-order valence-corrected chi connectivity index (χ0v) is 16.0. The van der Waals surface area contributed by atoms with Gasteiger partial charge in [-0.15, -0.1) is 13.2 Å². The third-order valence-corrected chi connectivity index (χ3v) is 3.35. The van der Waals surface area contributed by atoms with Crippen molar-refractivity contribution < 1.29 is 39.6 Å². The summed E-state index contributed by atoms with van der Waals surface area (Å²) in [6.45, 7) is 7.10. The fourth-order valence-electron chi connectivity index (χ4n) is 1.95. The molecule has 0 saturated carbocycles. The van der Waals surface area contributed by atoms with E-state index in [-0.39, 0.29) is 22.3 Å². The number of rotatable bonds is 7. The topological polar surface area (TPSA) is 149 Å². The number of aromatic carboxylic acids is 4. The number of carboxylic acid groups (broad SMARTS) is 4. The molecule has 2 aromatic rings. The molecule has 0 aromatic heterocycles. The van der Waals surface area contributed by atoms with Crippen molar-refractivity contribution in [2.75, 3.05) is 0 Å². The maximum absolute atomic E-state index is 10.5. The Hall–Kier alpha value is -4.20. The highest BCUT2D eigenvalue weighted by Crippen LogP contribution is 2.08. The molecule has 8 nitrogen and oxygen atoms in total. The SMILES string of the molecule is C=CCCC=C.O=C(O)c1ccccc1C(=O)O.O=C(O)c1ccccc1C(=O)O. The predicted molar refractivity (Wildman–Crippen MR) is 110 cm³/mol. The number of allylic oxidation sites excluding steroid dienone is 2. The second-order valence-corrected chi connectivity index (χ2v) is 5.47. The van der Waals surface area contributed by atoms with Crippen molar-refractivity contribution in [2.24, 2.45) is 0 Å². The minimum atomic E-state index is -1.23. The second kappa shape index (κ2) is 13.9. The van der Waals surface area contributed by atoms with E-state index < -0.39 is 23.9 Å². The number of unbranched alkanes of at least 4 members (excludes halogenated alkanes) is 1. The summed E-state index contributed by atoms with van der Waals surface area (Å²) in [6, 6.07) is 11.0. The first-order valence-electron chi connectivity index (χ1n) is 8.50. The smallest absolute Gasteiger partial charge is 0.336 e. The summed E-state index contributed by atoms with van der Waals surface area (Å²) in [5, 5.41) is 34.2. The monoisotopic (exact) mass is 414 g/mol. The lowest BCUT2D eigenvalue weighted by molar-refractivity contribution is 0.0651. The van der Waals surface area contributed by atoms with Crippen molar-refractivity contribution in [3.8, 4) is 0 Å². The number of carbonyl (C=O) groups is 4. The lowest BCUT2D eigenvalue weighted by atomic mass is 10.1. The average Bonchev–Trinajstić information content (AvgIpc) is 2.73. The van der Waals surface area contributed by atoms with Gasteiger partial charge in [-0.2, -0.15) is 0 Å². The van der Waals surface area contributed by atoms with Crippen molar-refractivity contribution in [1.29, 1.82) is 0 Å². The normalized spacial score (nSPS) is 8.93. The molecule has 0 aliphatic carbocycles. The summed E-state index contributed by atoms with van der Waals surface area (Å²) in [7, 11) is 0. The summed E-state index contributed by atoms with van der Waals surface area (Å²) in [6.07, 6.45) is 5.90. The number of carboxylic acids is 4. The Balaban J connectivity index is 0.000000447. The van der Waals surface area contributed by atoms with Crippen LogP contribution in [0.4, 0.5) is 0 Å². The van der Waals surface area contributed by atoms with Crippen LogP contribution in [0, 0.1) is 0 Å². The van der Waals surface area contributed by atoms with Gasteiger partial charge in [-0.1, -0.05) is 36.4 Å². The first-order chi connectivity index (χ1) is 14.2. The van der Waals surface area contributed by atoms with E-state index in [1.54, 1.807) is 0 Å². The van der Waals surface area contributed by atoms with Gasteiger partial charge in [0.2, 0.25) is 0 Å². The Labute approximate surface area is 173 Å². The molecule has 0 bridgehead atoms. The maximum Gasteiger partial charge on any atom is 0.336 e. The quantitative estimate of drug-likeness (QED) is 0.387. The number of benzene rings is 2. The molecule has 0 aliphatic heterocycles. The number of hydrogen-bond donors (Lipinski definition) is 4. The highest BCUT2D eigenvalue weighted by molar-refractivity contribution is 6.02. The van der Waals surface area contributed by atoms with Crippen molar-refractivity contribution in [1.82, 2.24) is 0 Å². The third kappa shape index (κ3) is 9.14. The van der Waals surface area contributed by atoms with Crippen LogP contribution in [0.25, 0.3) is 0 Å². The predicted octanol–water partition coefficient (Wildman–Crippen LogP) is 4.30. The van der Waals surface area contributed by atoms with Gasteiger partial charge in [-0.3, -0.25) is 0 Å². The zero-order chi connectivity index (χ0) is 23.1. The Kier molecular flexibility index (Phi) is 11.9. The summed E-state index contributed by atoms with van der Waals surface area (Å²) in [5.41, 5.74) is -0.759. The molecular weight excluding hydrogens is 392 g/mol. The van der Waals surface area contributed by atoms with Crippen molar-refractivity contribution >= 4 is 23.9 Å². The van der Waals surface area contributed by atoms with Crippen LogP contribution < -0.4 is 0 Å². The summed E-state index contributed by atoms with van der Waals surface area (Å²) in [5.74, 6) is -4.91. The van der Waals surface area contributed by atoms with Gasteiger partial charge in [0.1, 0.15) is 0 Å². The lowest BCUT2D eigenvalue weighted by Crippen LogP contribution is -2.06. The van der Waals surface area contributed by atoms with E-state index in [0.29, 0.717) is 0 Å². The molecular formula is C22H22O8. The number of hydrogen-bond acceptors (Lipinski definition) is 4. The van der Waals surface area contributed by atoms with Crippen LogP contribution in [0.5, 0.6) is 0 Å². The average molecular weight is 414 g/mol. The van der Waals surface area contributed by atoms with E-state index in [9.17, 15) is 19.2 Å².